The van der Waals surface area contributed by atoms with E-state index in [-0.39, 0.29) is 66.9 Å². The van der Waals surface area contributed by atoms with E-state index in [4.69, 9.17) is 20.0 Å². The molecular weight excluding hydrogens is 652 g/mol. The van der Waals surface area contributed by atoms with Crippen LogP contribution in [0.4, 0.5) is 5.69 Å². The van der Waals surface area contributed by atoms with Crippen molar-refractivity contribution in [1.29, 1.82) is 0 Å². The molecule has 1 aromatic carbocycles. The molecule has 18 heteroatoms. The number of anilines is 1. The number of hydrogen-bond donors (Lipinski definition) is 7. The first-order valence-corrected chi connectivity index (χ1v) is 16.3. The van der Waals surface area contributed by atoms with Crippen LogP contribution in [0.5, 0.6) is 5.75 Å². The molecule has 1 aromatic rings. The van der Waals surface area contributed by atoms with Crippen LogP contribution in [-0.2, 0) is 33.9 Å². The number of allylic oxidation sites excluding steroid dienone is 5. The molecule has 0 spiro atoms. The van der Waals surface area contributed by atoms with Gasteiger partial charge < -0.3 is 30.4 Å². The summed E-state index contributed by atoms with van der Waals surface area (Å²) in [4.78, 5) is 36.9. The van der Waals surface area contributed by atoms with E-state index in [0.717, 1.165) is 12.0 Å². The number of phenols is 1. The van der Waals surface area contributed by atoms with Gasteiger partial charge in [-0.3, -0.25) is 18.9 Å². The zero-order valence-corrected chi connectivity index (χ0v) is 25.9. The fourth-order valence-corrected chi connectivity index (χ4v) is 5.62. The molecule has 3 rings (SSSR count). The minimum Gasteiger partial charge on any atom is -0.507 e. The molecule has 0 bridgehead atoms. The number of aliphatic carboxylic acids is 2. The first-order chi connectivity index (χ1) is 21.7. The van der Waals surface area contributed by atoms with Crippen LogP contribution >= 0.6 is 12.0 Å². The highest BCUT2D eigenvalue weighted by Gasteiger charge is 2.39. The van der Waals surface area contributed by atoms with Gasteiger partial charge in [0.25, 0.3) is 10.1 Å². The van der Waals surface area contributed by atoms with E-state index in [9.17, 15) is 38.1 Å². The van der Waals surface area contributed by atoms with Crippen molar-refractivity contribution in [3.63, 3.8) is 0 Å². The van der Waals surface area contributed by atoms with E-state index in [2.05, 4.69) is 9.37 Å². The van der Waals surface area contributed by atoms with Gasteiger partial charge in [0.05, 0.1) is 29.4 Å². The molecule has 0 saturated heterocycles. The lowest BCUT2D eigenvalue weighted by Crippen LogP contribution is -2.29. The van der Waals surface area contributed by atoms with Crippen molar-refractivity contribution in [2.24, 2.45) is 0 Å². The lowest BCUT2D eigenvalue weighted by molar-refractivity contribution is -0.525. The average molecular weight is 686 g/mol. The molecule has 0 saturated carbocycles. The van der Waals surface area contributed by atoms with Gasteiger partial charge in [0, 0.05) is 66.3 Å². The fourth-order valence-electron chi connectivity index (χ4n) is 4.77. The molecule has 0 radical (unpaired) electrons. The summed E-state index contributed by atoms with van der Waals surface area (Å²) in [6.07, 6.45) is 4.22. The standard InChI is InChI=1S/C28H32N2O14S2/c31-21-15-17(29(11-7-23(33)34)9-1-13-45-44-43-39)3-5-19(21)25-27(37)26(28(25)38)20-6-4-18(16-22(20)32)30(12-8-24(35)36)10-2-14-46(40,41)42/h3-6,15-16H,1-2,7-14H2,(H6,31,32,33,34,35,36,37,38,39,40,41,42)/p+1. The Labute approximate surface area is 267 Å². The Hall–Kier alpha value is -4.20. The van der Waals surface area contributed by atoms with Gasteiger partial charge in [0.2, 0.25) is 11.5 Å². The van der Waals surface area contributed by atoms with Gasteiger partial charge in [-0.2, -0.15) is 8.42 Å². The molecule has 7 N–H and O–H groups in total. The van der Waals surface area contributed by atoms with Crippen molar-refractivity contribution in [1.82, 2.24) is 0 Å². The molecule has 0 unspecified atom stereocenters. The number of ketones is 1. The summed E-state index contributed by atoms with van der Waals surface area (Å²) in [6, 6.07) is 4.02. The second kappa shape index (κ2) is 16.4. The number of aromatic hydroxyl groups is 1. The summed E-state index contributed by atoms with van der Waals surface area (Å²) >= 11 is 0.835. The third kappa shape index (κ3) is 9.90. The van der Waals surface area contributed by atoms with Crippen molar-refractivity contribution >= 4 is 56.9 Å². The second-order valence-electron chi connectivity index (χ2n) is 10.0. The average Bonchev–Trinajstić information content (AvgIpc) is 2.97. The molecule has 0 atom stereocenters. The van der Waals surface area contributed by atoms with Crippen LogP contribution < -0.4 is 4.90 Å². The molecule has 0 heterocycles. The molecule has 2 aliphatic carbocycles. The molecule has 0 aromatic heterocycles. The molecular formula is C28H33N2O14S2+. The maximum Gasteiger partial charge on any atom is 0.309 e. The number of phenolic OH excluding ortho intramolecular Hbond substituents is 1. The summed E-state index contributed by atoms with van der Waals surface area (Å²) in [5.41, 5.74) is 0.302. The number of aliphatic hydroxyl groups excluding tert-OH is 2. The third-order valence-electron chi connectivity index (χ3n) is 6.92. The summed E-state index contributed by atoms with van der Waals surface area (Å²) in [7, 11) is -4.24. The smallest absolute Gasteiger partial charge is 0.309 e. The molecule has 0 aliphatic heterocycles. The van der Waals surface area contributed by atoms with E-state index in [1.165, 1.54) is 35.3 Å². The van der Waals surface area contributed by atoms with Crippen LogP contribution in [0.2, 0.25) is 0 Å². The van der Waals surface area contributed by atoms with Crippen LogP contribution in [0, 0.1) is 0 Å². The zero-order chi connectivity index (χ0) is 34.0. The maximum atomic E-state index is 13.2. The number of carboxylic acids is 2. The Kier molecular flexibility index (Phi) is 12.9. The Balaban J connectivity index is 1.87. The van der Waals surface area contributed by atoms with E-state index in [0.29, 0.717) is 30.1 Å². The molecule has 0 amide bonds. The summed E-state index contributed by atoms with van der Waals surface area (Å²) in [5.74, 6) is -4.26. The largest absolute Gasteiger partial charge is 0.507 e. The number of nitrogens with zero attached hydrogens (tertiary/aromatic N) is 2. The summed E-state index contributed by atoms with van der Waals surface area (Å²) in [5, 5.41) is 62.3. The first kappa shape index (κ1) is 36.3. The number of carbonyl (C=O) groups is 3. The number of carboxylic acid groups (broad SMARTS) is 2. The number of benzene rings is 1. The highest BCUT2D eigenvalue weighted by atomic mass is 32.2. The predicted molar refractivity (Wildman–Crippen MR) is 164 cm³/mol. The Morgan fingerprint density at radius 2 is 1.67 bits per heavy atom. The maximum absolute atomic E-state index is 13.2. The second-order valence-corrected chi connectivity index (χ2v) is 12.4. The number of hydrogen-bond acceptors (Lipinski definition) is 13. The van der Waals surface area contributed by atoms with Gasteiger partial charge >= 0.3 is 11.9 Å². The molecule has 46 heavy (non-hydrogen) atoms. The van der Waals surface area contributed by atoms with Gasteiger partial charge in [-0.15, -0.1) is 4.33 Å². The molecule has 2 aliphatic rings. The lowest BCUT2D eigenvalue weighted by Gasteiger charge is -2.27. The highest BCUT2D eigenvalue weighted by molar-refractivity contribution is 7.94. The van der Waals surface area contributed by atoms with Crippen molar-refractivity contribution in [3.05, 3.63) is 64.7 Å². The quantitative estimate of drug-likeness (QED) is 0.0223. The van der Waals surface area contributed by atoms with Gasteiger partial charge in [0.1, 0.15) is 30.2 Å². The Morgan fingerprint density at radius 3 is 2.26 bits per heavy atom. The monoisotopic (exact) mass is 685 g/mol. The van der Waals surface area contributed by atoms with Crippen LogP contribution in [-0.4, -0.2) is 109 Å². The first-order valence-electron chi connectivity index (χ1n) is 13.7. The number of aliphatic hydroxyl groups is 2. The van der Waals surface area contributed by atoms with Gasteiger partial charge in [-0.25, -0.2) is 9.83 Å². The Bertz CT molecular complexity index is 1630. The van der Waals surface area contributed by atoms with Crippen molar-refractivity contribution in [3.8, 4) is 5.75 Å². The normalized spacial score (nSPS) is 17.5. The fraction of sp³-hybridized carbons (Fsp3) is 0.357. The molecule has 250 valence electrons. The number of Topliss-reactive ketones (excluding diaryl/α,β-unsaturated/α-hetero) is 1. The van der Waals surface area contributed by atoms with E-state index in [1.54, 1.807) is 10.7 Å². The van der Waals surface area contributed by atoms with Crippen LogP contribution in [0.3, 0.4) is 0 Å². The third-order valence-corrected chi connectivity index (χ3v) is 8.33. The highest BCUT2D eigenvalue weighted by Crippen LogP contribution is 2.43. The van der Waals surface area contributed by atoms with Crippen LogP contribution in [0.25, 0.3) is 5.57 Å². The minimum atomic E-state index is -4.24. The van der Waals surface area contributed by atoms with E-state index >= 15 is 0 Å². The predicted octanol–water partition coefficient (Wildman–Crippen LogP) is 2.50. The van der Waals surface area contributed by atoms with Crippen LogP contribution in [0.1, 0.15) is 31.2 Å². The van der Waals surface area contributed by atoms with Crippen molar-refractivity contribution in [2.75, 3.05) is 42.6 Å². The summed E-state index contributed by atoms with van der Waals surface area (Å²) < 4.78 is 37.2. The lowest BCUT2D eigenvalue weighted by atomic mass is 9.79. The molecule has 16 nitrogen and oxygen atoms in total. The van der Waals surface area contributed by atoms with E-state index in [1.807, 2.05) is 0 Å². The zero-order valence-electron chi connectivity index (χ0n) is 24.2. The summed E-state index contributed by atoms with van der Waals surface area (Å²) in [6.45, 7) is 0.442. The van der Waals surface area contributed by atoms with Gasteiger partial charge in [-0.1, -0.05) is 5.04 Å². The minimum absolute atomic E-state index is 0.00651. The van der Waals surface area contributed by atoms with Gasteiger partial charge in [-0.05, 0) is 24.6 Å². The Morgan fingerprint density at radius 1 is 0.957 bits per heavy atom. The molecule has 0 fully saturated rings. The number of rotatable bonds is 18. The topological polar surface area (TPSA) is 252 Å². The number of carbonyl (C=O) groups excluding carboxylic acids is 1. The van der Waals surface area contributed by atoms with Crippen molar-refractivity contribution < 1.29 is 72.1 Å². The van der Waals surface area contributed by atoms with Crippen molar-refractivity contribution in [2.45, 2.75) is 25.7 Å². The SMILES string of the molecule is O=C(O)CCN(CCCS(=O)(=O)O)c1ccc(C2=C(O)/C(=C3/C=CC(=[N+](CCCSOOO)CCC(=O)O)C=C3O)C2=O)c(O)c1. The van der Waals surface area contributed by atoms with Gasteiger partial charge in [0.15, 0.2) is 6.54 Å². The van der Waals surface area contributed by atoms with E-state index < -0.39 is 45.1 Å². The van der Waals surface area contributed by atoms with Crippen LogP contribution in [0.15, 0.2) is 59.1 Å².